The van der Waals surface area contributed by atoms with Gasteiger partial charge in [-0.05, 0) is 36.4 Å². The number of nitrogens with zero attached hydrogens (tertiary/aromatic N) is 2. The van der Waals surface area contributed by atoms with Crippen molar-refractivity contribution in [3.05, 3.63) is 54.6 Å². The molecule has 0 aliphatic heterocycles. The van der Waals surface area contributed by atoms with E-state index in [4.69, 9.17) is 5.73 Å². The second kappa shape index (κ2) is 6.22. The van der Waals surface area contributed by atoms with Gasteiger partial charge in [-0.2, -0.15) is 10.2 Å². The summed E-state index contributed by atoms with van der Waals surface area (Å²) in [6.45, 7) is 0. The molecule has 0 saturated heterocycles. The second-order valence-corrected chi connectivity index (χ2v) is 3.13. The van der Waals surface area contributed by atoms with Crippen LogP contribution in [-0.2, 0) is 0 Å². The van der Waals surface area contributed by atoms with E-state index >= 15 is 0 Å². The molecule has 0 fully saturated rings. The fourth-order valence-corrected chi connectivity index (χ4v) is 1.15. The lowest BCUT2D eigenvalue weighted by Gasteiger charge is -1.93. The van der Waals surface area contributed by atoms with Crippen LogP contribution in [0, 0.1) is 0 Å². The van der Waals surface area contributed by atoms with Gasteiger partial charge in [0.25, 0.3) is 0 Å². The van der Waals surface area contributed by atoms with Gasteiger partial charge in [-0.15, -0.1) is 24.0 Å². The second-order valence-electron chi connectivity index (χ2n) is 3.13. The summed E-state index contributed by atoms with van der Waals surface area (Å²) < 4.78 is 0. The Morgan fingerprint density at radius 1 is 0.688 bits per heavy atom. The molecule has 0 aromatic heterocycles. The third-order valence-corrected chi connectivity index (χ3v) is 1.93. The van der Waals surface area contributed by atoms with Gasteiger partial charge in [0.1, 0.15) is 0 Å². The Morgan fingerprint density at radius 2 is 1.19 bits per heavy atom. The minimum absolute atomic E-state index is 0. The lowest BCUT2D eigenvalue weighted by atomic mass is 10.3. The number of hydrogen-bond donors (Lipinski definition) is 1. The third-order valence-electron chi connectivity index (χ3n) is 1.93. The van der Waals surface area contributed by atoms with Gasteiger partial charge in [-0.1, -0.05) is 18.2 Å². The molecule has 0 spiro atoms. The maximum absolute atomic E-state index is 5.56. The fraction of sp³-hybridized carbons (Fsp3) is 0. The van der Waals surface area contributed by atoms with Gasteiger partial charge in [-0.3, -0.25) is 0 Å². The van der Waals surface area contributed by atoms with Crippen molar-refractivity contribution in [2.24, 2.45) is 10.2 Å². The summed E-state index contributed by atoms with van der Waals surface area (Å²) in [6, 6.07) is 16.9. The summed E-state index contributed by atoms with van der Waals surface area (Å²) >= 11 is 0. The molecule has 3 nitrogen and oxygen atoms in total. The minimum atomic E-state index is 0. The van der Waals surface area contributed by atoms with Crippen LogP contribution in [0.25, 0.3) is 0 Å². The van der Waals surface area contributed by atoms with Crippen LogP contribution in [0.1, 0.15) is 0 Å². The standard InChI is InChI=1S/C12H11N3.HI/c13-10-6-8-12(9-7-10)15-14-11-4-2-1-3-5-11;/h1-9H,13H2;1H/b15-14+;. The van der Waals surface area contributed by atoms with Gasteiger partial charge in [0.05, 0.1) is 11.4 Å². The van der Waals surface area contributed by atoms with E-state index in [2.05, 4.69) is 10.2 Å². The topological polar surface area (TPSA) is 50.7 Å². The molecule has 82 valence electrons. The minimum Gasteiger partial charge on any atom is -0.399 e. The summed E-state index contributed by atoms with van der Waals surface area (Å²) in [5.74, 6) is 0. The molecule has 2 aromatic carbocycles. The summed E-state index contributed by atoms with van der Waals surface area (Å²) in [5, 5.41) is 8.18. The number of benzene rings is 2. The molecule has 0 aliphatic rings. The normalized spacial score (nSPS) is 10.0. The largest absolute Gasteiger partial charge is 0.399 e. The molecule has 2 N–H and O–H groups in total. The first-order chi connectivity index (χ1) is 7.34. The number of hydrogen-bond acceptors (Lipinski definition) is 3. The number of nitrogens with two attached hydrogens (primary N) is 1. The Hall–Kier alpha value is -1.43. The fourth-order valence-electron chi connectivity index (χ4n) is 1.15. The molecule has 0 bridgehead atoms. The molecule has 4 heteroatoms. The number of halogens is 1. The van der Waals surface area contributed by atoms with Crippen LogP contribution >= 0.6 is 24.0 Å². The number of azo groups is 1. The smallest absolute Gasteiger partial charge is 0.0858 e. The monoisotopic (exact) mass is 325 g/mol. The van der Waals surface area contributed by atoms with Crippen LogP contribution in [0.5, 0.6) is 0 Å². The summed E-state index contributed by atoms with van der Waals surface area (Å²) in [7, 11) is 0. The lowest BCUT2D eigenvalue weighted by Crippen LogP contribution is -1.80. The van der Waals surface area contributed by atoms with Crippen LogP contribution in [0.3, 0.4) is 0 Å². The van der Waals surface area contributed by atoms with Crippen molar-refractivity contribution >= 4 is 41.0 Å². The molecular formula is C12H12IN3. The zero-order chi connectivity index (χ0) is 10.5. The van der Waals surface area contributed by atoms with Gasteiger partial charge in [0.2, 0.25) is 0 Å². The van der Waals surface area contributed by atoms with Crippen molar-refractivity contribution in [1.82, 2.24) is 0 Å². The molecule has 2 aromatic rings. The van der Waals surface area contributed by atoms with Crippen LogP contribution in [-0.4, -0.2) is 0 Å². The number of nitrogen functional groups attached to an aromatic ring is 1. The molecule has 0 saturated carbocycles. The van der Waals surface area contributed by atoms with Crippen LogP contribution in [0.4, 0.5) is 17.1 Å². The molecule has 0 radical (unpaired) electrons. The zero-order valence-corrected chi connectivity index (χ0v) is 10.9. The summed E-state index contributed by atoms with van der Waals surface area (Å²) in [6.07, 6.45) is 0. The van der Waals surface area contributed by atoms with Crippen molar-refractivity contribution < 1.29 is 0 Å². The maximum Gasteiger partial charge on any atom is 0.0858 e. The van der Waals surface area contributed by atoms with Gasteiger partial charge < -0.3 is 5.73 Å². The molecule has 16 heavy (non-hydrogen) atoms. The molecular weight excluding hydrogens is 313 g/mol. The number of rotatable bonds is 2. The average molecular weight is 325 g/mol. The summed E-state index contributed by atoms with van der Waals surface area (Å²) in [5.41, 5.74) is 7.93. The molecule has 0 aliphatic carbocycles. The predicted molar refractivity (Wildman–Crippen MR) is 76.9 cm³/mol. The molecule has 0 unspecified atom stereocenters. The van der Waals surface area contributed by atoms with Crippen LogP contribution in [0.2, 0.25) is 0 Å². The zero-order valence-electron chi connectivity index (χ0n) is 8.58. The maximum atomic E-state index is 5.56. The van der Waals surface area contributed by atoms with Gasteiger partial charge >= 0.3 is 0 Å². The molecule has 0 atom stereocenters. The van der Waals surface area contributed by atoms with E-state index in [0.717, 1.165) is 17.1 Å². The first-order valence-electron chi connectivity index (χ1n) is 4.67. The SMILES string of the molecule is I.Nc1ccc(/N=N/c2ccccc2)cc1. The molecule has 2 rings (SSSR count). The highest BCUT2D eigenvalue weighted by molar-refractivity contribution is 14.0. The third kappa shape index (κ3) is 3.62. The van der Waals surface area contributed by atoms with Crippen molar-refractivity contribution in [3.8, 4) is 0 Å². The van der Waals surface area contributed by atoms with Gasteiger partial charge in [-0.25, -0.2) is 0 Å². The number of anilines is 1. The average Bonchev–Trinajstić information content (AvgIpc) is 2.30. The van der Waals surface area contributed by atoms with Crippen LogP contribution < -0.4 is 5.73 Å². The van der Waals surface area contributed by atoms with E-state index in [9.17, 15) is 0 Å². The van der Waals surface area contributed by atoms with Crippen molar-refractivity contribution in [3.63, 3.8) is 0 Å². The Bertz CT molecular complexity index is 451. The van der Waals surface area contributed by atoms with Gasteiger partial charge in [0.15, 0.2) is 0 Å². The Kier molecular flexibility index (Phi) is 4.91. The first-order valence-corrected chi connectivity index (χ1v) is 4.67. The lowest BCUT2D eigenvalue weighted by molar-refractivity contribution is 1.23. The van der Waals surface area contributed by atoms with Crippen molar-refractivity contribution in [2.45, 2.75) is 0 Å². The Balaban J connectivity index is 0.00000128. The summed E-state index contributed by atoms with van der Waals surface area (Å²) in [4.78, 5) is 0. The highest BCUT2D eigenvalue weighted by Gasteiger charge is 1.89. The molecule has 0 amide bonds. The predicted octanol–water partition coefficient (Wildman–Crippen LogP) is 4.30. The van der Waals surface area contributed by atoms with E-state index in [1.54, 1.807) is 12.1 Å². The highest BCUT2D eigenvalue weighted by Crippen LogP contribution is 2.18. The van der Waals surface area contributed by atoms with E-state index in [1.165, 1.54) is 0 Å². The van der Waals surface area contributed by atoms with Crippen molar-refractivity contribution in [2.75, 3.05) is 5.73 Å². The Morgan fingerprint density at radius 3 is 1.75 bits per heavy atom. The quantitative estimate of drug-likeness (QED) is 0.499. The van der Waals surface area contributed by atoms with Gasteiger partial charge in [0, 0.05) is 5.69 Å². The van der Waals surface area contributed by atoms with E-state index in [0.29, 0.717) is 0 Å². The highest BCUT2D eigenvalue weighted by atomic mass is 127. The van der Waals surface area contributed by atoms with Crippen molar-refractivity contribution in [1.29, 1.82) is 0 Å². The molecule has 0 heterocycles. The first kappa shape index (κ1) is 12.6. The van der Waals surface area contributed by atoms with E-state index in [1.807, 2.05) is 42.5 Å². The van der Waals surface area contributed by atoms with E-state index < -0.39 is 0 Å². The van der Waals surface area contributed by atoms with E-state index in [-0.39, 0.29) is 24.0 Å². The Labute approximate surface area is 111 Å². The van der Waals surface area contributed by atoms with Crippen LogP contribution in [0.15, 0.2) is 64.8 Å².